The molecule has 0 radical (unpaired) electrons. The number of aliphatic imine (C=N–C) groups is 1. The molecule has 0 aromatic heterocycles. The van der Waals surface area contributed by atoms with Crippen LogP contribution in [0.25, 0.3) is 0 Å². The Labute approximate surface area is 183 Å². The van der Waals surface area contributed by atoms with Crippen LogP contribution in [0.3, 0.4) is 0 Å². The van der Waals surface area contributed by atoms with Crippen molar-refractivity contribution in [2.24, 2.45) is 4.99 Å². The lowest BCUT2D eigenvalue weighted by Crippen LogP contribution is -2.54. The van der Waals surface area contributed by atoms with E-state index < -0.39 is 0 Å². The zero-order valence-corrected chi connectivity index (χ0v) is 18.4. The molecule has 0 saturated carbocycles. The van der Waals surface area contributed by atoms with Crippen molar-refractivity contribution in [2.75, 3.05) is 53.0 Å². The Morgan fingerprint density at radius 1 is 1.20 bits per heavy atom. The summed E-state index contributed by atoms with van der Waals surface area (Å²) in [7, 11) is 1.79. The lowest BCUT2D eigenvalue weighted by molar-refractivity contribution is -0.0817. The Morgan fingerprint density at radius 2 is 2.00 bits per heavy atom. The van der Waals surface area contributed by atoms with Gasteiger partial charge in [-0.15, -0.1) is 0 Å². The molecule has 0 amide bonds. The molecule has 3 aliphatic rings. The summed E-state index contributed by atoms with van der Waals surface area (Å²) in [4.78, 5) is 9.04. The number of hydrogen-bond donors (Lipinski definition) is 1. The van der Waals surface area contributed by atoms with Crippen molar-refractivity contribution in [1.29, 1.82) is 0 Å². The summed E-state index contributed by atoms with van der Waals surface area (Å²) >= 11 is 6.43. The SMILES string of the molecule is CN=C(NCC(c1c(F)cccc1Cl)N1CCCC1)N1CCOC(C2CCCO2)C1. The summed E-state index contributed by atoms with van der Waals surface area (Å²) in [6, 6.07) is 4.79. The molecule has 1 aromatic carbocycles. The van der Waals surface area contributed by atoms with Gasteiger partial charge in [-0.3, -0.25) is 9.89 Å². The summed E-state index contributed by atoms with van der Waals surface area (Å²) < 4.78 is 26.5. The molecular formula is C22H32ClFN4O2. The van der Waals surface area contributed by atoms with Gasteiger partial charge >= 0.3 is 0 Å². The minimum absolute atomic E-state index is 0.0650. The summed E-state index contributed by atoms with van der Waals surface area (Å²) in [6.07, 6.45) is 4.63. The van der Waals surface area contributed by atoms with Gasteiger partial charge in [0.05, 0.1) is 18.8 Å². The van der Waals surface area contributed by atoms with E-state index in [1.54, 1.807) is 19.2 Å². The third-order valence-electron chi connectivity index (χ3n) is 6.35. The molecule has 3 unspecified atom stereocenters. The second-order valence-corrected chi connectivity index (χ2v) is 8.64. The van der Waals surface area contributed by atoms with Crippen molar-refractivity contribution in [1.82, 2.24) is 15.1 Å². The quantitative estimate of drug-likeness (QED) is 0.565. The largest absolute Gasteiger partial charge is 0.375 e. The van der Waals surface area contributed by atoms with Gasteiger partial charge < -0.3 is 19.7 Å². The molecule has 3 saturated heterocycles. The highest BCUT2D eigenvalue weighted by Gasteiger charge is 2.33. The fourth-order valence-corrected chi connectivity index (χ4v) is 5.09. The number of rotatable bonds is 5. The topological polar surface area (TPSA) is 49.3 Å². The van der Waals surface area contributed by atoms with E-state index in [0.29, 0.717) is 23.7 Å². The minimum atomic E-state index is -0.249. The molecule has 0 aliphatic carbocycles. The Bertz CT molecular complexity index is 718. The van der Waals surface area contributed by atoms with Gasteiger partial charge in [0, 0.05) is 43.9 Å². The van der Waals surface area contributed by atoms with Gasteiger partial charge in [0.1, 0.15) is 11.9 Å². The number of nitrogens with one attached hydrogen (secondary N) is 1. The highest BCUT2D eigenvalue weighted by Crippen LogP contribution is 2.32. The Hall–Kier alpha value is -1.41. The molecule has 4 rings (SSSR count). The summed E-state index contributed by atoms with van der Waals surface area (Å²) in [5, 5.41) is 3.97. The van der Waals surface area contributed by atoms with Crippen LogP contribution in [0.15, 0.2) is 23.2 Å². The fraction of sp³-hybridized carbons (Fsp3) is 0.682. The number of hydrogen-bond acceptors (Lipinski definition) is 4. The Kier molecular flexibility index (Phi) is 7.46. The van der Waals surface area contributed by atoms with Crippen molar-refractivity contribution in [3.63, 3.8) is 0 Å². The van der Waals surface area contributed by atoms with E-state index in [9.17, 15) is 4.39 Å². The number of likely N-dealkylation sites (tertiary alicyclic amines) is 1. The predicted octanol–water partition coefficient (Wildman–Crippen LogP) is 3.07. The lowest BCUT2D eigenvalue weighted by atomic mass is 10.0. The van der Waals surface area contributed by atoms with E-state index in [0.717, 1.165) is 64.4 Å². The van der Waals surface area contributed by atoms with Gasteiger partial charge in [0.15, 0.2) is 5.96 Å². The molecule has 0 bridgehead atoms. The molecular weight excluding hydrogens is 407 g/mol. The second kappa shape index (κ2) is 10.3. The van der Waals surface area contributed by atoms with Crippen LogP contribution >= 0.6 is 11.6 Å². The summed E-state index contributed by atoms with van der Waals surface area (Å²) in [5.74, 6) is 0.568. The number of halogens is 2. The molecule has 3 heterocycles. The molecule has 30 heavy (non-hydrogen) atoms. The monoisotopic (exact) mass is 438 g/mol. The van der Waals surface area contributed by atoms with E-state index in [4.69, 9.17) is 21.1 Å². The van der Waals surface area contributed by atoms with Crippen molar-refractivity contribution in [2.45, 2.75) is 43.9 Å². The standard InChI is InChI=1S/C22H32ClFN4O2/c1-25-22(28-11-13-30-20(15-28)19-8-5-12-29-19)26-14-18(27-9-2-3-10-27)21-16(23)6-4-7-17(21)24/h4,6-7,18-20H,2-3,5,8-15H2,1H3,(H,25,26). The smallest absolute Gasteiger partial charge is 0.193 e. The highest BCUT2D eigenvalue weighted by molar-refractivity contribution is 6.31. The van der Waals surface area contributed by atoms with Gasteiger partial charge in [-0.05, 0) is 50.9 Å². The third-order valence-corrected chi connectivity index (χ3v) is 6.68. The molecule has 1 aromatic rings. The lowest BCUT2D eigenvalue weighted by Gasteiger charge is -2.38. The van der Waals surface area contributed by atoms with Gasteiger partial charge in [0.2, 0.25) is 0 Å². The van der Waals surface area contributed by atoms with Crippen molar-refractivity contribution in [3.05, 3.63) is 34.6 Å². The van der Waals surface area contributed by atoms with Crippen LogP contribution in [0.5, 0.6) is 0 Å². The van der Waals surface area contributed by atoms with E-state index in [1.165, 1.54) is 6.07 Å². The molecule has 3 fully saturated rings. The van der Waals surface area contributed by atoms with E-state index in [-0.39, 0.29) is 24.1 Å². The average molecular weight is 439 g/mol. The summed E-state index contributed by atoms with van der Waals surface area (Å²) in [6.45, 7) is 5.45. The number of ether oxygens (including phenoxy) is 2. The first-order chi connectivity index (χ1) is 14.7. The maximum absolute atomic E-state index is 14.7. The van der Waals surface area contributed by atoms with Gasteiger partial charge in [0.25, 0.3) is 0 Å². The van der Waals surface area contributed by atoms with Crippen LogP contribution in [0.1, 0.15) is 37.3 Å². The fourth-order valence-electron chi connectivity index (χ4n) is 4.80. The molecule has 0 spiro atoms. The third kappa shape index (κ3) is 4.90. The molecule has 6 nitrogen and oxygen atoms in total. The first-order valence-electron chi connectivity index (χ1n) is 11.0. The molecule has 166 valence electrons. The normalized spacial score (nSPS) is 26.9. The maximum Gasteiger partial charge on any atom is 0.193 e. The average Bonchev–Trinajstić information content (AvgIpc) is 3.47. The van der Waals surface area contributed by atoms with Crippen molar-refractivity contribution in [3.8, 4) is 0 Å². The van der Waals surface area contributed by atoms with Crippen LogP contribution < -0.4 is 5.32 Å². The Morgan fingerprint density at radius 3 is 2.70 bits per heavy atom. The molecule has 3 aliphatic heterocycles. The summed E-state index contributed by atoms with van der Waals surface area (Å²) in [5.41, 5.74) is 0.572. The van der Waals surface area contributed by atoms with Gasteiger partial charge in [-0.2, -0.15) is 0 Å². The van der Waals surface area contributed by atoms with Crippen LogP contribution in [0.2, 0.25) is 5.02 Å². The number of nitrogens with zero attached hydrogens (tertiary/aromatic N) is 3. The first-order valence-corrected chi connectivity index (χ1v) is 11.4. The first kappa shape index (κ1) is 21.8. The molecule has 3 atom stereocenters. The van der Waals surface area contributed by atoms with Crippen LogP contribution in [0.4, 0.5) is 4.39 Å². The number of guanidine groups is 1. The number of morpholine rings is 1. The molecule has 1 N–H and O–H groups in total. The minimum Gasteiger partial charge on any atom is -0.375 e. The maximum atomic E-state index is 14.7. The second-order valence-electron chi connectivity index (χ2n) is 8.23. The number of benzene rings is 1. The van der Waals surface area contributed by atoms with Gasteiger partial charge in [-0.25, -0.2) is 4.39 Å². The van der Waals surface area contributed by atoms with E-state index in [2.05, 4.69) is 20.1 Å². The Balaban J connectivity index is 1.45. The van der Waals surface area contributed by atoms with Crippen molar-refractivity contribution >= 4 is 17.6 Å². The van der Waals surface area contributed by atoms with Crippen molar-refractivity contribution < 1.29 is 13.9 Å². The van der Waals surface area contributed by atoms with Crippen LogP contribution in [-0.2, 0) is 9.47 Å². The van der Waals surface area contributed by atoms with Crippen LogP contribution in [-0.4, -0.2) is 81.0 Å². The molecule has 8 heteroatoms. The predicted molar refractivity (Wildman–Crippen MR) is 117 cm³/mol. The van der Waals surface area contributed by atoms with E-state index in [1.807, 2.05) is 0 Å². The van der Waals surface area contributed by atoms with Crippen LogP contribution in [0, 0.1) is 5.82 Å². The zero-order chi connectivity index (χ0) is 20.9. The van der Waals surface area contributed by atoms with E-state index >= 15 is 0 Å². The highest BCUT2D eigenvalue weighted by atomic mass is 35.5. The zero-order valence-electron chi connectivity index (χ0n) is 17.7. The van der Waals surface area contributed by atoms with Gasteiger partial charge in [-0.1, -0.05) is 17.7 Å².